The van der Waals surface area contributed by atoms with E-state index in [-0.39, 0.29) is 24.0 Å². The van der Waals surface area contributed by atoms with Gasteiger partial charge in [0.25, 0.3) is 0 Å². The zero-order valence-corrected chi connectivity index (χ0v) is 15.1. The molecule has 1 aromatic carbocycles. The number of ether oxygens (including phenoxy) is 1. The van der Waals surface area contributed by atoms with Gasteiger partial charge in [-0.25, -0.2) is 4.79 Å². The zero-order chi connectivity index (χ0) is 18.2. The molecule has 2 aliphatic rings. The van der Waals surface area contributed by atoms with Gasteiger partial charge in [-0.05, 0) is 44.4 Å². The van der Waals surface area contributed by atoms with Gasteiger partial charge in [0.15, 0.2) is 0 Å². The lowest BCUT2D eigenvalue weighted by molar-refractivity contribution is -0.141. The number of nitrogens with zero attached hydrogens (tertiary/aromatic N) is 2. The summed E-state index contributed by atoms with van der Waals surface area (Å²) in [5.41, 5.74) is 0.776. The van der Waals surface area contributed by atoms with Crippen LogP contribution in [0.3, 0.4) is 0 Å². The van der Waals surface area contributed by atoms with Crippen LogP contribution in [0.1, 0.15) is 38.2 Å². The SMILES string of the molecule is COc1ccc([C@@H]2CN(C(=O)N3CCCC3(C)C)C[C@H]2C(=O)O)cc1. The first-order chi connectivity index (χ1) is 11.8. The Morgan fingerprint density at radius 3 is 2.40 bits per heavy atom. The Bertz CT molecular complexity index is 656. The molecule has 0 radical (unpaired) electrons. The fourth-order valence-electron chi connectivity index (χ4n) is 4.03. The molecule has 6 heteroatoms. The lowest BCUT2D eigenvalue weighted by Gasteiger charge is -2.35. The number of carbonyl (C=O) groups is 2. The van der Waals surface area contributed by atoms with Gasteiger partial charge in [0.2, 0.25) is 0 Å². The van der Waals surface area contributed by atoms with Crippen LogP contribution in [-0.4, -0.2) is 59.2 Å². The lowest BCUT2D eigenvalue weighted by atomic mass is 9.89. The molecule has 2 fully saturated rings. The fourth-order valence-corrected chi connectivity index (χ4v) is 4.03. The van der Waals surface area contributed by atoms with Crippen LogP contribution in [0.25, 0.3) is 0 Å². The van der Waals surface area contributed by atoms with Crippen molar-refractivity contribution in [3.63, 3.8) is 0 Å². The highest BCUT2D eigenvalue weighted by atomic mass is 16.5. The van der Waals surface area contributed by atoms with Crippen molar-refractivity contribution in [2.45, 2.75) is 38.1 Å². The van der Waals surface area contributed by atoms with Crippen LogP contribution in [0, 0.1) is 5.92 Å². The molecule has 2 amide bonds. The second-order valence-corrected chi connectivity index (χ2v) is 7.58. The average Bonchev–Trinajstić information content (AvgIpc) is 3.17. The summed E-state index contributed by atoms with van der Waals surface area (Å²) in [6.45, 7) is 5.59. The summed E-state index contributed by atoms with van der Waals surface area (Å²) in [6.07, 6.45) is 1.98. The van der Waals surface area contributed by atoms with Gasteiger partial charge in [0.05, 0.1) is 13.0 Å². The van der Waals surface area contributed by atoms with E-state index in [0.717, 1.165) is 30.7 Å². The summed E-state index contributed by atoms with van der Waals surface area (Å²) in [6, 6.07) is 7.43. The van der Waals surface area contributed by atoms with Gasteiger partial charge in [-0.3, -0.25) is 4.79 Å². The van der Waals surface area contributed by atoms with E-state index in [4.69, 9.17) is 4.74 Å². The van der Waals surface area contributed by atoms with Gasteiger partial charge in [0.1, 0.15) is 5.75 Å². The Labute approximate surface area is 148 Å². The molecular formula is C19H26N2O4. The third-order valence-electron chi connectivity index (χ3n) is 5.58. The van der Waals surface area contributed by atoms with Crippen molar-refractivity contribution in [2.24, 2.45) is 5.92 Å². The van der Waals surface area contributed by atoms with Crippen LogP contribution in [-0.2, 0) is 4.79 Å². The third kappa shape index (κ3) is 3.30. The molecule has 3 rings (SSSR count). The maximum absolute atomic E-state index is 12.9. The number of urea groups is 1. The van der Waals surface area contributed by atoms with Crippen LogP contribution in [0.15, 0.2) is 24.3 Å². The van der Waals surface area contributed by atoms with Gasteiger partial charge < -0.3 is 19.6 Å². The van der Waals surface area contributed by atoms with Gasteiger partial charge in [0, 0.05) is 31.1 Å². The topological polar surface area (TPSA) is 70.1 Å². The molecule has 1 N–H and O–H groups in total. The lowest BCUT2D eigenvalue weighted by Crippen LogP contribution is -2.49. The van der Waals surface area contributed by atoms with E-state index in [2.05, 4.69) is 13.8 Å². The van der Waals surface area contributed by atoms with Crippen LogP contribution < -0.4 is 4.74 Å². The van der Waals surface area contributed by atoms with E-state index in [1.54, 1.807) is 12.0 Å². The molecule has 25 heavy (non-hydrogen) atoms. The predicted octanol–water partition coefficient (Wildman–Crippen LogP) is 2.79. The van der Waals surface area contributed by atoms with Crippen molar-refractivity contribution in [3.05, 3.63) is 29.8 Å². The summed E-state index contributed by atoms with van der Waals surface area (Å²) in [7, 11) is 1.60. The molecule has 0 saturated carbocycles. The van der Waals surface area contributed by atoms with Gasteiger partial charge >= 0.3 is 12.0 Å². The highest BCUT2D eigenvalue weighted by Crippen LogP contribution is 2.36. The Morgan fingerprint density at radius 1 is 1.20 bits per heavy atom. The average molecular weight is 346 g/mol. The van der Waals surface area contributed by atoms with E-state index < -0.39 is 11.9 Å². The molecule has 1 aromatic rings. The minimum atomic E-state index is -0.850. The Balaban J connectivity index is 1.80. The van der Waals surface area contributed by atoms with E-state index in [1.165, 1.54) is 0 Å². The number of hydrogen-bond acceptors (Lipinski definition) is 3. The van der Waals surface area contributed by atoms with Gasteiger partial charge in [-0.1, -0.05) is 12.1 Å². The maximum atomic E-state index is 12.9. The molecule has 2 heterocycles. The Morgan fingerprint density at radius 2 is 1.88 bits per heavy atom. The summed E-state index contributed by atoms with van der Waals surface area (Å²) in [5, 5.41) is 9.64. The summed E-state index contributed by atoms with van der Waals surface area (Å²) < 4.78 is 5.17. The molecule has 2 aliphatic heterocycles. The number of amides is 2. The maximum Gasteiger partial charge on any atom is 0.320 e. The number of methoxy groups -OCH3 is 1. The fraction of sp³-hybridized carbons (Fsp3) is 0.579. The molecule has 0 aromatic heterocycles. The highest BCUT2D eigenvalue weighted by Gasteiger charge is 2.44. The normalized spacial score (nSPS) is 25.2. The van der Waals surface area contributed by atoms with Crippen molar-refractivity contribution in [3.8, 4) is 5.75 Å². The predicted molar refractivity (Wildman–Crippen MR) is 93.8 cm³/mol. The zero-order valence-electron chi connectivity index (χ0n) is 15.1. The van der Waals surface area contributed by atoms with Crippen molar-refractivity contribution in [1.82, 2.24) is 9.80 Å². The van der Waals surface area contributed by atoms with Crippen molar-refractivity contribution >= 4 is 12.0 Å². The molecule has 6 nitrogen and oxygen atoms in total. The number of carboxylic acid groups (broad SMARTS) is 1. The first kappa shape index (κ1) is 17.6. The van der Waals surface area contributed by atoms with Crippen LogP contribution >= 0.6 is 0 Å². The molecule has 0 bridgehead atoms. The minimum absolute atomic E-state index is 0.0373. The second kappa shape index (κ2) is 6.58. The number of benzene rings is 1. The van der Waals surface area contributed by atoms with Crippen LogP contribution in [0.2, 0.25) is 0 Å². The first-order valence-electron chi connectivity index (χ1n) is 8.77. The second-order valence-electron chi connectivity index (χ2n) is 7.58. The molecule has 0 unspecified atom stereocenters. The van der Waals surface area contributed by atoms with E-state index in [0.29, 0.717) is 6.54 Å². The Hall–Kier alpha value is -2.24. The number of hydrogen-bond donors (Lipinski definition) is 1. The van der Waals surface area contributed by atoms with Crippen LogP contribution in [0.4, 0.5) is 4.79 Å². The quantitative estimate of drug-likeness (QED) is 0.914. The van der Waals surface area contributed by atoms with Crippen molar-refractivity contribution in [1.29, 1.82) is 0 Å². The minimum Gasteiger partial charge on any atom is -0.497 e. The highest BCUT2D eigenvalue weighted by molar-refractivity contribution is 5.79. The molecule has 136 valence electrons. The molecule has 0 aliphatic carbocycles. The summed E-state index contributed by atoms with van der Waals surface area (Å²) in [5.74, 6) is -0.890. The number of carboxylic acids is 1. The molecule has 2 saturated heterocycles. The van der Waals surface area contributed by atoms with E-state index in [1.807, 2.05) is 29.2 Å². The van der Waals surface area contributed by atoms with Gasteiger partial charge in [-0.15, -0.1) is 0 Å². The van der Waals surface area contributed by atoms with Gasteiger partial charge in [-0.2, -0.15) is 0 Å². The Kier molecular flexibility index (Phi) is 4.62. The number of carbonyl (C=O) groups excluding carboxylic acids is 1. The third-order valence-corrected chi connectivity index (χ3v) is 5.58. The standard InChI is InChI=1S/C19H26N2O4/c1-19(2)9-4-10-21(19)18(24)20-11-15(16(12-20)17(22)23)13-5-7-14(25-3)8-6-13/h5-8,15-16H,4,9-12H2,1-3H3,(H,22,23)/t15-,16+/m0/s1. The summed E-state index contributed by atoms with van der Waals surface area (Å²) >= 11 is 0. The van der Waals surface area contributed by atoms with Crippen LogP contribution in [0.5, 0.6) is 5.75 Å². The number of rotatable bonds is 3. The first-order valence-corrected chi connectivity index (χ1v) is 8.77. The number of aliphatic carboxylic acids is 1. The smallest absolute Gasteiger partial charge is 0.320 e. The molecule has 2 atom stereocenters. The van der Waals surface area contributed by atoms with Crippen molar-refractivity contribution < 1.29 is 19.4 Å². The van der Waals surface area contributed by atoms with E-state index in [9.17, 15) is 14.7 Å². The summed E-state index contributed by atoms with van der Waals surface area (Å²) in [4.78, 5) is 28.3. The van der Waals surface area contributed by atoms with E-state index >= 15 is 0 Å². The largest absolute Gasteiger partial charge is 0.497 e. The molecular weight excluding hydrogens is 320 g/mol. The monoisotopic (exact) mass is 346 g/mol. The molecule has 0 spiro atoms. The number of likely N-dealkylation sites (tertiary alicyclic amines) is 2. The van der Waals surface area contributed by atoms with Crippen molar-refractivity contribution in [2.75, 3.05) is 26.7 Å².